The van der Waals surface area contributed by atoms with Crippen molar-refractivity contribution < 1.29 is 9.21 Å². The number of ketones is 1. The van der Waals surface area contributed by atoms with Crippen LogP contribution >= 0.6 is 0 Å². The molecule has 0 atom stereocenters. The van der Waals surface area contributed by atoms with Gasteiger partial charge in [-0.2, -0.15) is 0 Å². The third-order valence-corrected chi connectivity index (χ3v) is 4.40. The van der Waals surface area contributed by atoms with Gasteiger partial charge in [-0.3, -0.25) is 4.79 Å². The highest BCUT2D eigenvalue weighted by atomic mass is 16.4. The van der Waals surface area contributed by atoms with Gasteiger partial charge < -0.3 is 8.98 Å². The predicted molar refractivity (Wildman–Crippen MR) is 97.7 cm³/mol. The van der Waals surface area contributed by atoms with Crippen molar-refractivity contribution in [2.24, 2.45) is 0 Å². The molecule has 0 aliphatic carbocycles. The Labute approximate surface area is 145 Å². The second kappa shape index (κ2) is 6.06. The summed E-state index contributed by atoms with van der Waals surface area (Å²) >= 11 is 0. The fraction of sp³-hybridized carbons (Fsp3) is 0.143. The van der Waals surface area contributed by atoms with E-state index in [0.29, 0.717) is 12.4 Å². The van der Waals surface area contributed by atoms with Crippen molar-refractivity contribution >= 4 is 16.7 Å². The Kier molecular flexibility index (Phi) is 3.73. The first kappa shape index (κ1) is 15.4. The lowest BCUT2D eigenvalue weighted by atomic mass is 10.1. The fourth-order valence-corrected chi connectivity index (χ4v) is 3.10. The molecule has 0 spiro atoms. The number of benzene rings is 2. The quantitative estimate of drug-likeness (QED) is 0.502. The number of aryl methyl sites for hydroxylation is 1. The van der Waals surface area contributed by atoms with Crippen molar-refractivity contribution in [2.75, 3.05) is 0 Å². The molecule has 4 aromatic rings. The third-order valence-electron chi connectivity index (χ3n) is 4.40. The molecular formula is C21H18N2O2. The normalized spacial score (nSPS) is 11.1. The Balaban J connectivity index is 1.75. The van der Waals surface area contributed by atoms with Crippen molar-refractivity contribution in [1.29, 1.82) is 0 Å². The van der Waals surface area contributed by atoms with Gasteiger partial charge in [0.05, 0.1) is 6.54 Å². The lowest BCUT2D eigenvalue weighted by Gasteiger charge is -2.02. The van der Waals surface area contributed by atoms with Gasteiger partial charge in [-0.1, -0.05) is 36.4 Å². The molecule has 0 fully saturated rings. The molecule has 0 bridgehead atoms. The first-order valence-corrected chi connectivity index (χ1v) is 8.24. The van der Waals surface area contributed by atoms with E-state index in [0.717, 1.165) is 33.5 Å². The molecular weight excluding hydrogens is 312 g/mol. The lowest BCUT2D eigenvalue weighted by molar-refractivity contribution is 0.101. The monoisotopic (exact) mass is 330 g/mol. The summed E-state index contributed by atoms with van der Waals surface area (Å²) in [5, 5.41) is 0.972. The molecule has 0 unspecified atom stereocenters. The Morgan fingerprint density at radius 1 is 1.08 bits per heavy atom. The summed E-state index contributed by atoms with van der Waals surface area (Å²) in [5.41, 5.74) is 3.59. The Hall–Kier alpha value is -3.14. The SMILES string of the molecule is CC(=O)c1cn(Cc2nc(-c3ccccc3)oc2C)c2ccccc12. The topological polar surface area (TPSA) is 48.0 Å². The van der Waals surface area contributed by atoms with E-state index in [1.807, 2.05) is 67.7 Å². The minimum Gasteiger partial charge on any atom is -0.441 e. The number of carbonyl (C=O) groups is 1. The summed E-state index contributed by atoms with van der Waals surface area (Å²) in [6.45, 7) is 4.09. The van der Waals surface area contributed by atoms with Gasteiger partial charge in [0.1, 0.15) is 11.5 Å². The van der Waals surface area contributed by atoms with Crippen LogP contribution in [0.1, 0.15) is 28.7 Å². The van der Waals surface area contributed by atoms with E-state index in [-0.39, 0.29) is 5.78 Å². The molecule has 4 rings (SSSR count). The number of aromatic nitrogens is 2. The van der Waals surface area contributed by atoms with Crippen molar-refractivity contribution in [1.82, 2.24) is 9.55 Å². The fourth-order valence-electron chi connectivity index (χ4n) is 3.10. The number of hydrogen-bond donors (Lipinski definition) is 0. The Morgan fingerprint density at radius 2 is 1.80 bits per heavy atom. The first-order valence-electron chi connectivity index (χ1n) is 8.24. The molecule has 0 saturated heterocycles. The first-order chi connectivity index (χ1) is 12.1. The summed E-state index contributed by atoms with van der Waals surface area (Å²) in [4.78, 5) is 16.6. The number of carbonyl (C=O) groups excluding carboxylic acids is 1. The van der Waals surface area contributed by atoms with Crippen LogP contribution in [0.15, 0.2) is 65.2 Å². The molecule has 0 radical (unpaired) electrons. The van der Waals surface area contributed by atoms with Crippen LogP contribution in [0, 0.1) is 6.92 Å². The van der Waals surface area contributed by atoms with Gasteiger partial charge in [-0.15, -0.1) is 0 Å². The van der Waals surface area contributed by atoms with Gasteiger partial charge in [0.15, 0.2) is 5.78 Å². The molecule has 4 nitrogen and oxygen atoms in total. The summed E-state index contributed by atoms with van der Waals surface area (Å²) in [6.07, 6.45) is 1.91. The van der Waals surface area contributed by atoms with Crippen molar-refractivity contribution in [3.05, 3.63) is 77.8 Å². The zero-order chi connectivity index (χ0) is 17.4. The van der Waals surface area contributed by atoms with Crippen LogP contribution < -0.4 is 0 Å². The maximum absolute atomic E-state index is 11.9. The molecule has 124 valence electrons. The highest BCUT2D eigenvalue weighted by Gasteiger charge is 2.15. The average molecular weight is 330 g/mol. The minimum atomic E-state index is 0.0665. The van der Waals surface area contributed by atoms with Crippen LogP contribution in [-0.4, -0.2) is 15.3 Å². The minimum absolute atomic E-state index is 0.0665. The van der Waals surface area contributed by atoms with E-state index in [1.54, 1.807) is 6.92 Å². The average Bonchev–Trinajstić information content (AvgIpc) is 3.18. The van der Waals surface area contributed by atoms with Crippen molar-refractivity contribution in [3.63, 3.8) is 0 Å². The molecule has 0 N–H and O–H groups in total. The number of nitrogens with zero attached hydrogens (tertiary/aromatic N) is 2. The molecule has 2 aromatic carbocycles. The van der Waals surface area contributed by atoms with Crippen LogP contribution in [0.2, 0.25) is 0 Å². The van der Waals surface area contributed by atoms with E-state index < -0.39 is 0 Å². The zero-order valence-corrected chi connectivity index (χ0v) is 14.2. The second-order valence-corrected chi connectivity index (χ2v) is 6.13. The van der Waals surface area contributed by atoms with Gasteiger partial charge in [-0.25, -0.2) is 4.98 Å². The third kappa shape index (κ3) is 2.76. The molecule has 2 aromatic heterocycles. The number of para-hydroxylation sites is 1. The maximum Gasteiger partial charge on any atom is 0.226 e. The van der Waals surface area contributed by atoms with Gasteiger partial charge >= 0.3 is 0 Å². The number of Topliss-reactive ketones (excluding diaryl/α,β-unsaturated/α-hetero) is 1. The maximum atomic E-state index is 11.9. The van der Waals surface area contributed by atoms with E-state index in [1.165, 1.54) is 0 Å². The number of oxazole rings is 1. The molecule has 0 amide bonds. The van der Waals surface area contributed by atoms with Gasteiger partial charge in [0.2, 0.25) is 5.89 Å². The molecule has 2 heterocycles. The molecule has 0 aliphatic rings. The lowest BCUT2D eigenvalue weighted by Crippen LogP contribution is -2.00. The van der Waals surface area contributed by atoms with Crippen molar-refractivity contribution in [2.45, 2.75) is 20.4 Å². The van der Waals surface area contributed by atoms with Crippen LogP contribution in [0.25, 0.3) is 22.4 Å². The van der Waals surface area contributed by atoms with Gasteiger partial charge in [0.25, 0.3) is 0 Å². The van der Waals surface area contributed by atoms with Crippen LogP contribution in [0.3, 0.4) is 0 Å². The highest BCUT2D eigenvalue weighted by Crippen LogP contribution is 2.25. The molecule has 4 heteroatoms. The molecule has 0 aliphatic heterocycles. The molecule has 25 heavy (non-hydrogen) atoms. The van der Waals surface area contributed by atoms with Crippen molar-refractivity contribution in [3.8, 4) is 11.5 Å². The van der Waals surface area contributed by atoms with Crippen LogP contribution in [0.4, 0.5) is 0 Å². The van der Waals surface area contributed by atoms with Crippen LogP contribution in [0.5, 0.6) is 0 Å². The van der Waals surface area contributed by atoms with E-state index in [9.17, 15) is 4.79 Å². The molecule has 0 saturated carbocycles. The number of fused-ring (bicyclic) bond motifs is 1. The Morgan fingerprint density at radius 3 is 2.56 bits per heavy atom. The number of hydrogen-bond acceptors (Lipinski definition) is 3. The van der Waals surface area contributed by atoms with Crippen LogP contribution in [-0.2, 0) is 6.54 Å². The smallest absolute Gasteiger partial charge is 0.226 e. The number of rotatable bonds is 4. The van der Waals surface area contributed by atoms with Gasteiger partial charge in [0, 0.05) is 28.2 Å². The van der Waals surface area contributed by atoms with E-state index >= 15 is 0 Å². The van der Waals surface area contributed by atoms with E-state index in [2.05, 4.69) is 9.55 Å². The summed E-state index contributed by atoms with van der Waals surface area (Å²) in [6, 6.07) is 17.8. The summed E-state index contributed by atoms with van der Waals surface area (Å²) in [7, 11) is 0. The zero-order valence-electron chi connectivity index (χ0n) is 14.2. The second-order valence-electron chi connectivity index (χ2n) is 6.13. The van der Waals surface area contributed by atoms with E-state index in [4.69, 9.17) is 4.42 Å². The Bertz CT molecular complexity index is 1060. The van der Waals surface area contributed by atoms with Gasteiger partial charge in [-0.05, 0) is 32.0 Å². The summed E-state index contributed by atoms with van der Waals surface area (Å²) < 4.78 is 7.91. The largest absolute Gasteiger partial charge is 0.441 e. The summed E-state index contributed by atoms with van der Waals surface area (Å²) in [5.74, 6) is 1.48. The predicted octanol–water partition coefficient (Wildman–Crippen LogP) is 4.86. The standard InChI is InChI=1S/C21H18N2O2/c1-14(24)18-12-23(20-11-7-6-10-17(18)20)13-19-15(2)25-21(22-19)16-8-4-3-5-9-16/h3-12H,13H2,1-2H3. The highest BCUT2D eigenvalue weighted by molar-refractivity contribution is 6.06.